The van der Waals surface area contributed by atoms with Crippen molar-refractivity contribution >= 4 is 0 Å². The molecule has 0 N–H and O–H groups in total. The van der Waals surface area contributed by atoms with Crippen LogP contribution in [0.1, 0.15) is 50.8 Å². The Labute approximate surface area is 143 Å². The number of ether oxygens (including phenoxy) is 1. The van der Waals surface area contributed by atoms with Crippen LogP contribution in [0.3, 0.4) is 0 Å². The summed E-state index contributed by atoms with van der Waals surface area (Å²) < 4.78 is 5.61. The molecular weight excluding hydrogens is 298 g/mol. The van der Waals surface area contributed by atoms with Crippen molar-refractivity contribution < 1.29 is 4.74 Å². The molecule has 1 aromatic carbocycles. The van der Waals surface area contributed by atoms with Gasteiger partial charge in [-0.05, 0) is 49.8 Å². The van der Waals surface area contributed by atoms with E-state index in [9.17, 15) is 0 Å². The third kappa shape index (κ3) is 3.91. The standard InChI is InChI=1S/C20H23N3O/c1-2-11-24-19-9-7-16(8-10-19)18-13-22-20(23-14-18)17-5-3-15(12-21)4-6-17/h7-10,13-15,17H,2-6,11H2,1H3. The Balaban J connectivity index is 1.65. The third-order valence-corrected chi connectivity index (χ3v) is 4.61. The monoisotopic (exact) mass is 321 g/mol. The van der Waals surface area contributed by atoms with E-state index in [-0.39, 0.29) is 5.92 Å². The number of aromatic nitrogens is 2. The normalized spacial score (nSPS) is 20.3. The van der Waals surface area contributed by atoms with Gasteiger partial charge in [0, 0.05) is 29.8 Å². The maximum absolute atomic E-state index is 8.99. The second-order valence-corrected chi connectivity index (χ2v) is 6.38. The Bertz CT molecular complexity index is 680. The molecule has 0 amide bonds. The van der Waals surface area contributed by atoms with Crippen LogP contribution in [0, 0.1) is 17.2 Å². The molecule has 1 heterocycles. The average molecular weight is 321 g/mol. The number of benzene rings is 1. The predicted octanol–water partition coefficient (Wildman–Crippen LogP) is 4.73. The first-order valence-electron chi connectivity index (χ1n) is 8.75. The lowest BCUT2D eigenvalue weighted by Crippen LogP contribution is -2.14. The first-order chi connectivity index (χ1) is 11.8. The summed E-state index contributed by atoms with van der Waals surface area (Å²) in [4.78, 5) is 9.15. The summed E-state index contributed by atoms with van der Waals surface area (Å²) in [5.41, 5.74) is 2.12. The molecule has 1 aromatic heterocycles. The van der Waals surface area contributed by atoms with Gasteiger partial charge < -0.3 is 4.74 Å². The van der Waals surface area contributed by atoms with Crippen LogP contribution >= 0.6 is 0 Å². The summed E-state index contributed by atoms with van der Waals surface area (Å²) in [5.74, 6) is 2.42. The van der Waals surface area contributed by atoms with E-state index < -0.39 is 0 Å². The predicted molar refractivity (Wildman–Crippen MR) is 93.6 cm³/mol. The van der Waals surface area contributed by atoms with Gasteiger partial charge >= 0.3 is 0 Å². The molecule has 0 spiro atoms. The molecule has 0 radical (unpaired) electrons. The molecule has 1 fully saturated rings. The zero-order valence-corrected chi connectivity index (χ0v) is 14.1. The molecule has 24 heavy (non-hydrogen) atoms. The summed E-state index contributed by atoms with van der Waals surface area (Å²) in [5, 5.41) is 8.99. The number of hydrogen-bond donors (Lipinski definition) is 0. The summed E-state index contributed by atoms with van der Waals surface area (Å²) in [6, 6.07) is 10.4. The van der Waals surface area contributed by atoms with Gasteiger partial charge in [0.15, 0.2) is 0 Å². The Hall–Kier alpha value is -2.41. The van der Waals surface area contributed by atoms with Gasteiger partial charge in [0.25, 0.3) is 0 Å². The van der Waals surface area contributed by atoms with Crippen molar-refractivity contribution in [3.8, 4) is 22.9 Å². The highest BCUT2D eigenvalue weighted by molar-refractivity contribution is 5.62. The molecule has 1 saturated carbocycles. The van der Waals surface area contributed by atoms with Crippen molar-refractivity contribution in [2.45, 2.75) is 44.9 Å². The lowest BCUT2D eigenvalue weighted by Gasteiger charge is -2.23. The van der Waals surface area contributed by atoms with Gasteiger partial charge in [-0.15, -0.1) is 0 Å². The molecule has 0 bridgehead atoms. The number of nitriles is 1. The molecule has 124 valence electrons. The van der Waals surface area contributed by atoms with Gasteiger partial charge in [0.1, 0.15) is 11.6 Å². The molecule has 0 atom stereocenters. The van der Waals surface area contributed by atoms with Crippen LogP contribution in [-0.4, -0.2) is 16.6 Å². The van der Waals surface area contributed by atoms with Gasteiger partial charge in [-0.2, -0.15) is 5.26 Å². The first-order valence-corrected chi connectivity index (χ1v) is 8.75. The smallest absolute Gasteiger partial charge is 0.131 e. The van der Waals surface area contributed by atoms with Crippen LogP contribution in [0.2, 0.25) is 0 Å². The van der Waals surface area contributed by atoms with Crippen LogP contribution < -0.4 is 4.74 Å². The zero-order valence-electron chi connectivity index (χ0n) is 14.1. The molecule has 0 unspecified atom stereocenters. The molecule has 1 aliphatic carbocycles. The Morgan fingerprint density at radius 1 is 1.04 bits per heavy atom. The van der Waals surface area contributed by atoms with Gasteiger partial charge in [-0.25, -0.2) is 9.97 Å². The van der Waals surface area contributed by atoms with Gasteiger partial charge in [0.05, 0.1) is 12.7 Å². The second-order valence-electron chi connectivity index (χ2n) is 6.38. The fourth-order valence-corrected chi connectivity index (χ4v) is 3.14. The van der Waals surface area contributed by atoms with Gasteiger partial charge in [-0.3, -0.25) is 0 Å². The summed E-state index contributed by atoms with van der Waals surface area (Å²) in [6.45, 7) is 2.84. The zero-order chi connectivity index (χ0) is 16.8. The maximum atomic E-state index is 8.99. The van der Waals surface area contributed by atoms with E-state index in [4.69, 9.17) is 10.00 Å². The molecule has 1 aliphatic rings. The largest absolute Gasteiger partial charge is 0.494 e. The minimum atomic E-state index is 0.217. The van der Waals surface area contributed by atoms with Crippen molar-refractivity contribution in [2.75, 3.05) is 6.61 Å². The number of rotatable bonds is 5. The molecule has 0 aliphatic heterocycles. The molecule has 3 rings (SSSR count). The lowest BCUT2D eigenvalue weighted by atomic mass is 9.82. The fraction of sp³-hybridized carbons (Fsp3) is 0.450. The fourth-order valence-electron chi connectivity index (χ4n) is 3.14. The molecule has 4 nitrogen and oxygen atoms in total. The SMILES string of the molecule is CCCOc1ccc(-c2cnc(C3CCC(C#N)CC3)nc2)cc1. The van der Waals surface area contributed by atoms with Crippen LogP contribution in [0.4, 0.5) is 0 Å². The van der Waals surface area contributed by atoms with Crippen LogP contribution in [0.15, 0.2) is 36.7 Å². The van der Waals surface area contributed by atoms with E-state index in [1.54, 1.807) is 0 Å². The first kappa shape index (κ1) is 16.4. The topological polar surface area (TPSA) is 58.8 Å². The number of nitrogens with zero attached hydrogens (tertiary/aromatic N) is 3. The van der Waals surface area contributed by atoms with Gasteiger partial charge in [-0.1, -0.05) is 19.1 Å². The molecule has 2 aromatic rings. The van der Waals surface area contributed by atoms with Crippen LogP contribution in [0.5, 0.6) is 5.75 Å². The van der Waals surface area contributed by atoms with Crippen molar-refractivity contribution in [3.05, 3.63) is 42.5 Å². The number of hydrogen-bond acceptors (Lipinski definition) is 4. The highest BCUT2D eigenvalue weighted by atomic mass is 16.5. The Morgan fingerprint density at radius 3 is 2.29 bits per heavy atom. The van der Waals surface area contributed by atoms with Crippen molar-refractivity contribution in [3.63, 3.8) is 0 Å². The maximum Gasteiger partial charge on any atom is 0.131 e. The molecule has 4 heteroatoms. The summed E-state index contributed by atoms with van der Waals surface area (Å²) in [6.07, 6.45) is 8.77. The Morgan fingerprint density at radius 2 is 1.71 bits per heavy atom. The third-order valence-electron chi connectivity index (χ3n) is 4.61. The highest BCUT2D eigenvalue weighted by Crippen LogP contribution is 2.34. The quantitative estimate of drug-likeness (QED) is 0.799. The van der Waals surface area contributed by atoms with E-state index in [0.717, 1.165) is 61.4 Å². The minimum Gasteiger partial charge on any atom is -0.494 e. The van der Waals surface area contributed by atoms with Crippen LogP contribution in [-0.2, 0) is 0 Å². The summed E-state index contributed by atoms with van der Waals surface area (Å²) >= 11 is 0. The van der Waals surface area contributed by atoms with Gasteiger partial charge in [0.2, 0.25) is 0 Å². The minimum absolute atomic E-state index is 0.217. The van der Waals surface area contributed by atoms with E-state index >= 15 is 0 Å². The van der Waals surface area contributed by atoms with Crippen molar-refractivity contribution in [1.82, 2.24) is 9.97 Å². The Kier molecular flexibility index (Phi) is 5.43. The highest BCUT2D eigenvalue weighted by Gasteiger charge is 2.23. The van der Waals surface area contributed by atoms with E-state index in [1.807, 2.05) is 36.7 Å². The second kappa shape index (κ2) is 7.92. The van der Waals surface area contributed by atoms with Crippen LogP contribution in [0.25, 0.3) is 11.1 Å². The molecular formula is C20H23N3O. The summed E-state index contributed by atoms with van der Waals surface area (Å²) in [7, 11) is 0. The average Bonchev–Trinajstić information content (AvgIpc) is 2.67. The van der Waals surface area contributed by atoms with E-state index in [0.29, 0.717) is 5.92 Å². The lowest BCUT2D eigenvalue weighted by molar-refractivity contribution is 0.317. The van der Waals surface area contributed by atoms with E-state index in [2.05, 4.69) is 23.0 Å². The van der Waals surface area contributed by atoms with E-state index in [1.165, 1.54) is 0 Å². The van der Waals surface area contributed by atoms with Crippen molar-refractivity contribution in [2.24, 2.45) is 5.92 Å². The molecule has 0 saturated heterocycles. The van der Waals surface area contributed by atoms with Crippen molar-refractivity contribution in [1.29, 1.82) is 5.26 Å².